The molecule has 9 heteroatoms. The lowest BCUT2D eigenvalue weighted by Gasteiger charge is -2.04. The summed E-state index contributed by atoms with van der Waals surface area (Å²) in [6.45, 7) is 0. The highest BCUT2D eigenvalue weighted by atomic mass is 15.6. The molecule has 22 heavy (non-hydrogen) atoms. The number of pyridine rings is 1. The Hall–Kier alpha value is -3.49. The standard InChI is InChI=1S/C13H7N9/c1-4-11-9(2-5-12-14-17-19-21(11)12)7-8(1)10-3-6-13-15-18-20-22(13)16-10/h1-7H. The number of aromatic nitrogens is 9. The van der Waals surface area contributed by atoms with Crippen molar-refractivity contribution in [3.05, 3.63) is 42.5 Å². The molecule has 0 unspecified atom stereocenters. The summed E-state index contributed by atoms with van der Waals surface area (Å²) in [7, 11) is 0. The first kappa shape index (κ1) is 11.2. The Labute approximate surface area is 122 Å². The van der Waals surface area contributed by atoms with Crippen LogP contribution in [0.4, 0.5) is 0 Å². The number of rotatable bonds is 1. The van der Waals surface area contributed by atoms with E-state index in [1.807, 2.05) is 42.5 Å². The van der Waals surface area contributed by atoms with Gasteiger partial charge in [0.15, 0.2) is 11.3 Å². The minimum absolute atomic E-state index is 0.611. The maximum absolute atomic E-state index is 4.40. The first-order valence-corrected chi connectivity index (χ1v) is 6.55. The SMILES string of the molecule is c1cc2c(ccc3nnnn32)cc1-c1ccc2nnnn2n1. The van der Waals surface area contributed by atoms with Crippen molar-refractivity contribution in [2.75, 3.05) is 0 Å². The van der Waals surface area contributed by atoms with Gasteiger partial charge in [-0.3, -0.25) is 0 Å². The van der Waals surface area contributed by atoms with Crippen molar-refractivity contribution in [3.63, 3.8) is 0 Å². The van der Waals surface area contributed by atoms with Gasteiger partial charge >= 0.3 is 0 Å². The van der Waals surface area contributed by atoms with Crippen LogP contribution in [0.15, 0.2) is 42.5 Å². The molecule has 0 atom stereocenters. The Bertz CT molecular complexity index is 1140. The lowest BCUT2D eigenvalue weighted by Crippen LogP contribution is -1.97. The van der Waals surface area contributed by atoms with Gasteiger partial charge in [0.05, 0.1) is 11.2 Å². The van der Waals surface area contributed by atoms with E-state index in [2.05, 4.69) is 36.1 Å². The minimum atomic E-state index is 0.611. The molecule has 4 heterocycles. The van der Waals surface area contributed by atoms with Crippen LogP contribution in [0.5, 0.6) is 0 Å². The fraction of sp³-hybridized carbons (Fsp3) is 0. The Morgan fingerprint density at radius 1 is 0.773 bits per heavy atom. The van der Waals surface area contributed by atoms with Crippen molar-refractivity contribution in [2.45, 2.75) is 0 Å². The fourth-order valence-electron chi connectivity index (χ4n) is 2.48. The summed E-state index contributed by atoms with van der Waals surface area (Å²) in [5.74, 6) is 0. The van der Waals surface area contributed by atoms with Gasteiger partial charge in [-0.15, -0.1) is 19.9 Å². The second kappa shape index (κ2) is 4.01. The highest BCUT2D eigenvalue weighted by Crippen LogP contribution is 2.23. The molecule has 9 nitrogen and oxygen atoms in total. The van der Waals surface area contributed by atoms with Gasteiger partial charge in [-0.2, -0.15) is 4.52 Å². The maximum Gasteiger partial charge on any atom is 0.200 e. The van der Waals surface area contributed by atoms with E-state index in [-0.39, 0.29) is 0 Å². The van der Waals surface area contributed by atoms with Crippen LogP contribution in [0.2, 0.25) is 0 Å². The predicted molar refractivity (Wildman–Crippen MR) is 75.9 cm³/mol. The monoisotopic (exact) mass is 289 g/mol. The summed E-state index contributed by atoms with van der Waals surface area (Å²) in [5, 5.41) is 28.3. The summed E-state index contributed by atoms with van der Waals surface area (Å²) in [4.78, 5) is 0. The van der Waals surface area contributed by atoms with Crippen LogP contribution in [0.3, 0.4) is 0 Å². The molecule has 5 rings (SSSR count). The van der Waals surface area contributed by atoms with Crippen molar-refractivity contribution in [1.82, 2.24) is 45.3 Å². The molecule has 1 aromatic carbocycles. The van der Waals surface area contributed by atoms with E-state index < -0.39 is 0 Å². The second-order valence-corrected chi connectivity index (χ2v) is 4.80. The molecule has 0 saturated carbocycles. The quantitative estimate of drug-likeness (QED) is 0.449. The Morgan fingerprint density at radius 3 is 2.64 bits per heavy atom. The molecule has 0 bridgehead atoms. The second-order valence-electron chi connectivity index (χ2n) is 4.80. The van der Waals surface area contributed by atoms with E-state index in [1.165, 1.54) is 4.63 Å². The molecule has 0 spiro atoms. The number of hydrogen-bond donors (Lipinski definition) is 0. The highest BCUT2D eigenvalue weighted by molar-refractivity contribution is 5.85. The molecule has 0 radical (unpaired) electrons. The first-order valence-electron chi connectivity index (χ1n) is 6.55. The minimum Gasteiger partial charge on any atom is -0.193 e. The topological polar surface area (TPSA) is 99.0 Å². The van der Waals surface area contributed by atoms with Crippen molar-refractivity contribution in [1.29, 1.82) is 0 Å². The smallest absolute Gasteiger partial charge is 0.193 e. The van der Waals surface area contributed by atoms with Crippen molar-refractivity contribution in [3.8, 4) is 11.3 Å². The molecule has 0 saturated heterocycles. The van der Waals surface area contributed by atoms with Crippen molar-refractivity contribution in [2.24, 2.45) is 0 Å². The molecule has 0 aliphatic rings. The Morgan fingerprint density at radius 2 is 1.64 bits per heavy atom. The van der Waals surface area contributed by atoms with Crippen LogP contribution in [0, 0.1) is 0 Å². The molecule has 0 amide bonds. The van der Waals surface area contributed by atoms with Gasteiger partial charge in [0, 0.05) is 10.9 Å². The van der Waals surface area contributed by atoms with E-state index in [9.17, 15) is 0 Å². The summed E-state index contributed by atoms with van der Waals surface area (Å²) < 4.78 is 3.11. The lowest BCUT2D eigenvalue weighted by molar-refractivity contribution is 0.736. The van der Waals surface area contributed by atoms with Gasteiger partial charge in [-0.1, -0.05) is 6.07 Å². The fourth-order valence-corrected chi connectivity index (χ4v) is 2.48. The molecule has 0 aliphatic heterocycles. The molecular weight excluding hydrogens is 282 g/mol. The Balaban J connectivity index is 1.75. The van der Waals surface area contributed by atoms with Gasteiger partial charge in [0.2, 0.25) is 0 Å². The van der Waals surface area contributed by atoms with Crippen molar-refractivity contribution >= 4 is 22.2 Å². The van der Waals surface area contributed by atoms with E-state index >= 15 is 0 Å². The first-order chi connectivity index (χ1) is 10.9. The number of benzene rings is 1. The van der Waals surface area contributed by atoms with Gasteiger partial charge < -0.3 is 0 Å². The normalized spacial score (nSPS) is 11.6. The van der Waals surface area contributed by atoms with Gasteiger partial charge in [-0.25, -0.2) is 0 Å². The third kappa shape index (κ3) is 1.50. The van der Waals surface area contributed by atoms with Crippen molar-refractivity contribution < 1.29 is 0 Å². The number of fused-ring (bicyclic) bond motifs is 4. The van der Waals surface area contributed by atoms with Gasteiger partial charge in [0.1, 0.15) is 0 Å². The average Bonchev–Trinajstić information content (AvgIpc) is 3.22. The summed E-state index contributed by atoms with van der Waals surface area (Å²) in [5.41, 5.74) is 4.03. The van der Waals surface area contributed by atoms with Gasteiger partial charge in [0.25, 0.3) is 0 Å². The van der Waals surface area contributed by atoms with Crippen LogP contribution < -0.4 is 0 Å². The largest absolute Gasteiger partial charge is 0.200 e. The summed E-state index contributed by atoms with van der Waals surface area (Å²) in [6, 6.07) is 13.6. The van der Waals surface area contributed by atoms with Crippen LogP contribution in [0.25, 0.3) is 33.5 Å². The molecule has 104 valence electrons. The molecule has 0 aliphatic carbocycles. The van der Waals surface area contributed by atoms with E-state index in [4.69, 9.17) is 0 Å². The number of tetrazole rings is 2. The molecule has 4 aromatic heterocycles. The lowest BCUT2D eigenvalue weighted by atomic mass is 10.1. The number of nitrogens with zero attached hydrogens (tertiary/aromatic N) is 9. The van der Waals surface area contributed by atoms with Gasteiger partial charge in [-0.05, 0) is 57.3 Å². The predicted octanol–water partition coefficient (Wildman–Crippen LogP) is 0.777. The zero-order chi connectivity index (χ0) is 14.5. The molecule has 5 aromatic rings. The van der Waals surface area contributed by atoms with E-state index in [0.29, 0.717) is 11.3 Å². The molecular formula is C13H7N9. The van der Waals surface area contributed by atoms with Crippen LogP contribution in [-0.4, -0.2) is 45.3 Å². The summed E-state index contributed by atoms with van der Waals surface area (Å²) >= 11 is 0. The average molecular weight is 289 g/mol. The van der Waals surface area contributed by atoms with E-state index in [0.717, 1.165) is 22.2 Å². The summed E-state index contributed by atoms with van der Waals surface area (Å²) in [6.07, 6.45) is 0. The zero-order valence-corrected chi connectivity index (χ0v) is 11.1. The molecule has 0 N–H and O–H groups in total. The molecule has 0 fully saturated rings. The van der Waals surface area contributed by atoms with E-state index in [1.54, 1.807) is 4.52 Å². The maximum atomic E-state index is 4.40. The van der Waals surface area contributed by atoms with Crippen LogP contribution in [0.1, 0.15) is 0 Å². The third-order valence-electron chi connectivity index (χ3n) is 3.53. The Kier molecular flexibility index (Phi) is 2.04. The van der Waals surface area contributed by atoms with Crippen LogP contribution in [-0.2, 0) is 0 Å². The van der Waals surface area contributed by atoms with Crippen LogP contribution >= 0.6 is 0 Å². The zero-order valence-electron chi connectivity index (χ0n) is 11.1. The highest BCUT2D eigenvalue weighted by Gasteiger charge is 2.07. The third-order valence-corrected chi connectivity index (χ3v) is 3.53. The number of hydrogen-bond acceptors (Lipinski definition) is 7.